The van der Waals surface area contributed by atoms with Gasteiger partial charge in [-0.3, -0.25) is 19.3 Å². The number of carboxylic acid groups (broad SMARTS) is 2. The van der Waals surface area contributed by atoms with E-state index in [0.29, 0.717) is 16.8 Å². The van der Waals surface area contributed by atoms with Crippen molar-refractivity contribution in [1.29, 1.82) is 0 Å². The normalized spacial score (nSPS) is 16.0. The third-order valence-corrected chi connectivity index (χ3v) is 4.78. The molecule has 2 aromatic carbocycles. The fraction of sp³-hybridized carbons (Fsp3) is 0.238. The number of amides is 2. The van der Waals surface area contributed by atoms with Crippen LogP contribution in [0.15, 0.2) is 54.6 Å². The summed E-state index contributed by atoms with van der Waals surface area (Å²) in [6.45, 7) is 0. The second-order valence-corrected chi connectivity index (χ2v) is 6.72. The van der Waals surface area contributed by atoms with Crippen molar-refractivity contribution in [1.82, 2.24) is 5.32 Å². The van der Waals surface area contributed by atoms with Crippen molar-refractivity contribution >= 4 is 29.4 Å². The third-order valence-electron chi connectivity index (χ3n) is 4.78. The van der Waals surface area contributed by atoms with Gasteiger partial charge >= 0.3 is 11.9 Å². The van der Waals surface area contributed by atoms with Gasteiger partial charge in [-0.2, -0.15) is 0 Å². The molecule has 2 atom stereocenters. The first-order chi connectivity index (χ1) is 13.9. The monoisotopic (exact) mass is 396 g/mol. The van der Waals surface area contributed by atoms with Gasteiger partial charge in [0, 0.05) is 24.1 Å². The van der Waals surface area contributed by atoms with Crippen LogP contribution >= 0.6 is 0 Å². The highest BCUT2D eigenvalue weighted by molar-refractivity contribution is 6.07. The Morgan fingerprint density at radius 3 is 2.31 bits per heavy atom. The number of nitrogens with one attached hydrogen (secondary N) is 1. The van der Waals surface area contributed by atoms with Crippen molar-refractivity contribution in [3.63, 3.8) is 0 Å². The van der Waals surface area contributed by atoms with Crippen LogP contribution in [0.4, 0.5) is 5.69 Å². The predicted octanol–water partition coefficient (Wildman–Crippen LogP) is 1.69. The summed E-state index contributed by atoms with van der Waals surface area (Å²) in [6.07, 6.45) is -0.355. The molecule has 1 aliphatic rings. The Hall–Kier alpha value is -3.68. The van der Waals surface area contributed by atoms with Crippen LogP contribution in [0.3, 0.4) is 0 Å². The standard InChI is InChI=1S/C21H20N2O6/c24-18(25)11-10-15(22-19(26)13-6-2-1-3-7-13)20(27)23-16-9-5-4-8-14(16)12-17(23)21(28)29/h1-9,15,17H,10-12H2,(H,22,26)(H,24,25)(H,28,29)/t15-,17?/m1/s1. The van der Waals surface area contributed by atoms with Crippen molar-refractivity contribution in [2.45, 2.75) is 31.3 Å². The first kappa shape index (κ1) is 20.1. The van der Waals surface area contributed by atoms with Crippen LogP contribution in [-0.4, -0.2) is 46.0 Å². The quantitative estimate of drug-likeness (QED) is 0.654. The minimum Gasteiger partial charge on any atom is -0.481 e. The molecule has 8 nitrogen and oxygen atoms in total. The molecule has 0 bridgehead atoms. The third kappa shape index (κ3) is 4.43. The van der Waals surface area contributed by atoms with E-state index in [4.69, 9.17) is 5.11 Å². The highest BCUT2D eigenvalue weighted by Gasteiger charge is 2.41. The number of nitrogens with zero attached hydrogens (tertiary/aromatic N) is 1. The van der Waals surface area contributed by atoms with Gasteiger partial charge in [-0.05, 0) is 30.2 Å². The summed E-state index contributed by atoms with van der Waals surface area (Å²) >= 11 is 0. The van der Waals surface area contributed by atoms with Crippen molar-refractivity contribution in [3.05, 3.63) is 65.7 Å². The summed E-state index contributed by atoms with van der Waals surface area (Å²) in [6, 6.07) is 12.8. The second kappa shape index (κ2) is 8.55. The molecule has 2 amide bonds. The van der Waals surface area contributed by atoms with E-state index in [2.05, 4.69) is 5.32 Å². The zero-order valence-corrected chi connectivity index (χ0v) is 15.4. The lowest BCUT2D eigenvalue weighted by molar-refractivity contribution is -0.140. The largest absolute Gasteiger partial charge is 0.481 e. The molecule has 0 radical (unpaired) electrons. The number of fused-ring (bicyclic) bond motifs is 1. The van der Waals surface area contributed by atoms with Crippen LogP contribution in [0, 0.1) is 0 Å². The van der Waals surface area contributed by atoms with E-state index in [1.54, 1.807) is 54.6 Å². The van der Waals surface area contributed by atoms with Crippen LogP contribution in [0.25, 0.3) is 0 Å². The number of hydrogen-bond acceptors (Lipinski definition) is 4. The smallest absolute Gasteiger partial charge is 0.327 e. The van der Waals surface area contributed by atoms with Crippen molar-refractivity contribution < 1.29 is 29.4 Å². The van der Waals surface area contributed by atoms with E-state index in [0.717, 1.165) is 4.90 Å². The molecular weight excluding hydrogens is 376 g/mol. The molecule has 1 aliphatic heterocycles. The van der Waals surface area contributed by atoms with Gasteiger partial charge in [0.25, 0.3) is 5.91 Å². The van der Waals surface area contributed by atoms with Crippen LogP contribution in [0.1, 0.15) is 28.8 Å². The van der Waals surface area contributed by atoms with E-state index in [9.17, 15) is 24.3 Å². The lowest BCUT2D eigenvalue weighted by Gasteiger charge is -2.28. The van der Waals surface area contributed by atoms with E-state index < -0.39 is 35.8 Å². The molecule has 0 aliphatic carbocycles. The van der Waals surface area contributed by atoms with E-state index in [-0.39, 0.29) is 19.3 Å². The van der Waals surface area contributed by atoms with Gasteiger partial charge in [0.05, 0.1) is 0 Å². The van der Waals surface area contributed by atoms with E-state index in [1.807, 2.05) is 0 Å². The lowest BCUT2D eigenvalue weighted by Crippen LogP contribution is -2.53. The molecule has 2 aromatic rings. The number of anilines is 1. The molecule has 0 fully saturated rings. The van der Waals surface area contributed by atoms with Gasteiger partial charge in [0.2, 0.25) is 5.91 Å². The number of carboxylic acids is 2. The van der Waals surface area contributed by atoms with E-state index in [1.165, 1.54) is 0 Å². The van der Waals surface area contributed by atoms with Gasteiger partial charge in [-0.15, -0.1) is 0 Å². The van der Waals surface area contributed by atoms with Gasteiger partial charge in [0.1, 0.15) is 12.1 Å². The molecule has 0 saturated heterocycles. The van der Waals surface area contributed by atoms with Crippen LogP contribution in [-0.2, 0) is 20.8 Å². The predicted molar refractivity (Wildman–Crippen MR) is 104 cm³/mol. The molecule has 0 spiro atoms. The summed E-state index contributed by atoms with van der Waals surface area (Å²) in [5.41, 5.74) is 1.48. The molecule has 3 rings (SSSR count). The molecule has 1 heterocycles. The Labute approximate surface area is 166 Å². The molecule has 3 N–H and O–H groups in total. The highest BCUT2D eigenvalue weighted by atomic mass is 16.4. The fourth-order valence-electron chi connectivity index (χ4n) is 3.38. The van der Waals surface area contributed by atoms with Crippen LogP contribution in [0.2, 0.25) is 0 Å². The van der Waals surface area contributed by atoms with Crippen molar-refractivity contribution in [3.8, 4) is 0 Å². The van der Waals surface area contributed by atoms with Gasteiger partial charge in [-0.1, -0.05) is 36.4 Å². The zero-order valence-electron chi connectivity index (χ0n) is 15.4. The van der Waals surface area contributed by atoms with Crippen molar-refractivity contribution in [2.75, 3.05) is 4.90 Å². The number of aliphatic carboxylic acids is 2. The summed E-state index contributed by atoms with van der Waals surface area (Å²) in [5, 5.41) is 21.2. The molecule has 0 aromatic heterocycles. The Balaban J connectivity index is 1.89. The Bertz CT molecular complexity index is 943. The number of carbonyl (C=O) groups excluding carboxylic acids is 2. The number of carbonyl (C=O) groups is 4. The average molecular weight is 396 g/mol. The fourth-order valence-corrected chi connectivity index (χ4v) is 3.38. The Morgan fingerprint density at radius 2 is 1.66 bits per heavy atom. The number of para-hydroxylation sites is 1. The maximum atomic E-state index is 13.3. The SMILES string of the molecule is O=C(O)CC[C@@H](NC(=O)c1ccccc1)C(=O)N1c2ccccc2CC1C(=O)O. The van der Waals surface area contributed by atoms with Crippen LogP contribution < -0.4 is 10.2 Å². The molecular formula is C21H20N2O6. The van der Waals surface area contributed by atoms with Gasteiger partial charge in [-0.25, -0.2) is 4.79 Å². The molecule has 8 heteroatoms. The summed E-state index contributed by atoms with van der Waals surface area (Å²) in [4.78, 5) is 49.7. The second-order valence-electron chi connectivity index (χ2n) is 6.72. The summed E-state index contributed by atoms with van der Waals surface area (Å²) < 4.78 is 0. The Kier molecular flexibility index (Phi) is 5.92. The minimum atomic E-state index is -1.17. The maximum absolute atomic E-state index is 13.3. The number of benzene rings is 2. The minimum absolute atomic E-state index is 0.148. The number of hydrogen-bond donors (Lipinski definition) is 3. The summed E-state index contributed by atoms with van der Waals surface area (Å²) in [7, 11) is 0. The van der Waals surface area contributed by atoms with Gasteiger partial charge in [0.15, 0.2) is 0 Å². The lowest BCUT2D eigenvalue weighted by atomic mass is 10.1. The zero-order chi connectivity index (χ0) is 21.0. The number of rotatable bonds is 7. The summed E-state index contributed by atoms with van der Waals surface area (Å²) in [5.74, 6) is -3.46. The van der Waals surface area contributed by atoms with Crippen LogP contribution in [0.5, 0.6) is 0 Å². The van der Waals surface area contributed by atoms with E-state index >= 15 is 0 Å². The highest BCUT2D eigenvalue weighted by Crippen LogP contribution is 2.33. The molecule has 29 heavy (non-hydrogen) atoms. The Morgan fingerprint density at radius 1 is 1.00 bits per heavy atom. The van der Waals surface area contributed by atoms with Crippen molar-refractivity contribution in [2.24, 2.45) is 0 Å². The topological polar surface area (TPSA) is 124 Å². The molecule has 150 valence electrons. The molecule has 1 unspecified atom stereocenters. The van der Waals surface area contributed by atoms with Gasteiger partial charge < -0.3 is 15.5 Å². The molecule has 0 saturated carbocycles. The first-order valence-corrected chi connectivity index (χ1v) is 9.10. The average Bonchev–Trinajstić information content (AvgIpc) is 3.11. The first-order valence-electron chi connectivity index (χ1n) is 9.10. The maximum Gasteiger partial charge on any atom is 0.327 e.